The molecule has 0 amide bonds. The van der Waals surface area contributed by atoms with Crippen LogP contribution >= 0.6 is 0 Å². The molecule has 0 saturated heterocycles. The van der Waals surface area contributed by atoms with Gasteiger partial charge in [0.05, 0.1) is 0 Å². The summed E-state index contributed by atoms with van der Waals surface area (Å²) in [5, 5.41) is 0. The fourth-order valence-electron chi connectivity index (χ4n) is 3.79. The second kappa shape index (κ2) is 8.82. The molecular formula is C20H38Y-2. The molecule has 2 rings (SSSR count). The van der Waals surface area contributed by atoms with Crippen molar-refractivity contribution in [1.29, 1.82) is 0 Å². The van der Waals surface area contributed by atoms with E-state index >= 15 is 0 Å². The SMILES string of the molecule is C[C-]1CCC(C)C(C)(C)C1.C[C-]1CCC(C)C(C)(C)C1.[Y]. The Morgan fingerprint density at radius 2 is 1.00 bits per heavy atom. The fourth-order valence-corrected chi connectivity index (χ4v) is 3.79. The Bertz CT molecular complexity index is 262. The monoisotopic (exact) mass is 367 g/mol. The van der Waals surface area contributed by atoms with E-state index < -0.39 is 0 Å². The van der Waals surface area contributed by atoms with E-state index in [9.17, 15) is 0 Å². The van der Waals surface area contributed by atoms with Crippen LogP contribution in [0.1, 0.15) is 93.9 Å². The molecule has 0 aromatic carbocycles. The summed E-state index contributed by atoms with van der Waals surface area (Å²) >= 11 is 0. The van der Waals surface area contributed by atoms with Crippen molar-refractivity contribution in [3.8, 4) is 0 Å². The van der Waals surface area contributed by atoms with Gasteiger partial charge in [-0.2, -0.15) is 39.5 Å². The van der Waals surface area contributed by atoms with E-state index in [1.807, 2.05) is 0 Å². The van der Waals surface area contributed by atoms with E-state index in [1.165, 1.54) is 38.5 Å². The largest absolute Gasteiger partial charge is 0.316 e. The van der Waals surface area contributed by atoms with Crippen molar-refractivity contribution in [1.82, 2.24) is 0 Å². The van der Waals surface area contributed by atoms with Crippen LogP contribution in [0.2, 0.25) is 0 Å². The van der Waals surface area contributed by atoms with E-state index in [0.717, 1.165) is 11.8 Å². The standard InChI is InChI=1S/2C10H19.Y/c2*1-8-5-6-9(2)10(3,4)7-8;/h2*9H,5-7H2,1-4H3;/q2*-1;. The van der Waals surface area contributed by atoms with E-state index in [0.29, 0.717) is 10.8 Å². The summed E-state index contributed by atoms with van der Waals surface area (Å²) in [6, 6.07) is 0. The van der Waals surface area contributed by atoms with Gasteiger partial charge in [-0.05, 0) is 11.8 Å². The summed E-state index contributed by atoms with van der Waals surface area (Å²) in [5.74, 6) is 5.22. The van der Waals surface area contributed by atoms with Crippen molar-refractivity contribution >= 4 is 0 Å². The first-order valence-corrected chi connectivity index (χ1v) is 8.67. The third-order valence-corrected chi connectivity index (χ3v) is 6.19. The Morgan fingerprint density at radius 3 is 1.19 bits per heavy atom. The molecule has 0 N–H and O–H groups in total. The maximum absolute atomic E-state index is 2.39. The van der Waals surface area contributed by atoms with Crippen molar-refractivity contribution in [2.24, 2.45) is 22.7 Å². The van der Waals surface area contributed by atoms with E-state index in [2.05, 4.69) is 55.4 Å². The van der Waals surface area contributed by atoms with Crippen LogP contribution in [0.5, 0.6) is 0 Å². The second-order valence-electron chi connectivity index (χ2n) is 9.12. The predicted octanol–water partition coefficient (Wildman–Crippen LogP) is 6.85. The first-order chi connectivity index (χ1) is 9.04. The van der Waals surface area contributed by atoms with E-state index in [-0.39, 0.29) is 32.7 Å². The van der Waals surface area contributed by atoms with Gasteiger partial charge in [0.15, 0.2) is 0 Å². The Hall–Kier alpha value is 1.10. The number of rotatable bonds is 0. The van der Waals surface area contributed by atoms with Crippen LogP contribution in [0.3, 0.4) is 0 Å². The minimum absolute atomic E-state index is 0. The zero-order valence-corrected chi connectivity index (χ0v) is 18.8. The van der Waals surface area contributed by atoms with Crippen LogP contribution in [0.4, 0.5) is 0 Å². The smallest absolute Gasteiger partial charge is 0 e. The molecule has 0 bridgehead atoms. The Balaban J connectivity index is 0.000000364. The van der Waals surface area contributed by atoms with E-state index in [4.69, 9.17) is 0 Å². The van der Waals surface area contributed by atoms with Crippen LogP contribution in [0.15, 0.2) is 0 Å². The molecule has 0 aliphatic heterocycles. The van der Waals surface area contributed by atoms with Gasteiger partial charge in [-0.3, -0.25) is 0 Å². The van der Waals surface area contributed by atoms with Gasteiger partial charge in [-0.25, -0.2) is 0 Å². The van der Waals surface area contributed by atoms with Gasteiger partial charge in [0, 0.05) is 32.7 Å². The minimum atomic E-state index is 0. The molecule has 2 unspecified atom stereocenters. The van der Waals surface area contributed by atoms with Crippen LogP contribution in [0.25, 0.3) is 0 Å². The van der Waals surface area contributed by atoms with Crippen LogP contribution in [0, 0.1) is 34.5 Å². The molecule has 123 valence electrons. The molecule has 2 saturated carbocycles. The maximum Gasteiger partial charge on any atom is 0 e. The van der Waals surface area contributed by atoms with Crippen LogP contribution in [-0.2, 0) is 32.7 Å². The molecule has 1 radical (unpaired) electrons. The molecule has 0 aromatic rings. The molecule has 21 heavy (non-hydrogen) atoms. The molecule has 2 atom stereocenters. The van der Waals surface area contributed by atoms with Gasteiger partial charge >= 0.3 is 0 Å². The Labute approximate surface area is 160 Å². The molecule has 2 aliphatic rings. The topological polar surface area (TPSA) is 0 Å². The second-order valence-corrected chi connectivity index (χ2v) is 9.12. The third-order valence-electron chi connectivity index (χ3n) is 6.19. The Morgan fingerprint density at radius 1 is 0.714 bits per heavy atom. The predicted molar refractivity (Wildman–Crippen MR) is 91.4 cm³/mol. The van der Waals surface area contributed by atoms with Gasteiger partial charge in [0.25, 0.3) is 0 Å². The van der Waals surface area contributed by atoms with Gasteiger partial charge in [0.2, 0.25) is 0 Å². The molecule has 0 nitrogen and oxygen atoms in total. The van der Waals surface area contributed by atoms with E-state index in [1.54, 1.807) is 11.8 Å². The van der Waals surface area contributed by atoms with Crippen molar-refractivity contribution < 1.29 is 32.7 Å². The Kier molecular flexibility index (Phi) is 9.28. The van der Waals surface area contributed by atoms with Gasteiger partial charge in [0.1, 0.15) is 0 Å². The van der Waals surface area contributed by atoms with Crippen molar-refractivity contribution in [3.05, 3.63) is 11.8 Å². The molecule has 0 heterocycles. The van der Waals surface area contributed by atoms with Crippen LogP contribution in [-0.4, -0.2) is 0 Å². The summed E-state index contributed by atoms with van der Waals surface area (Å²) < 4.78 is 0. The molecule has 2 aliphatic carbocycles. The zero-order valence-electron chi connectivity index (χ0n) is 16.0. The maximum atomic E-state index is 2.39. The van der Waals surface area contributed by atoms with Gasteiger partial charge < -0.3 is 11.8 Å². The zero-order chi connectivity index (χ0) is 15.6. The molecule has 0 spiro atoms. The molecular weight excluding hydrogens is 329 g/mol. The van der Waals surface area contributed by atoms with Crippen LogP contribution < -0.4 is 0 Å². The first kappa shape index (κ1) is 22.1. The molecule has 1 heteroatoms. The fraction of sp³-hybridized carbons (Fsp3) is 0.900. The summed E-state index contributed by atoms with van der Waals surface area (Å²) in [7, 11) is 0. The van der Waals surface area contributed by atoms with Crippen molar-refractivity contribution in [2.75, 3.05) is 0 Å². The number of hydrogen-bond acceptors (Lipinski definition) is 0. The third kappa shape index (κ3) is 7.03. The van der Waals surface area contributed by atoms with Crippen molar-refractivity contribution in [2.45, 2.75) is 93.9 Å². The van der Waals surface area contributed by atoms with Gasteiger partial charge in [-0.15, -0.1) is 0 Å². The summed E-state index contributed by atoms with van der Waals surface area (Å²) in [5.41, 5.74) is 1.14. The average Bonchev–Trinajstić information content (AvgIpc) is 2.29. The average molecular weight is 367 g/mol. The summed E-state index contributed by atoms with van der Waals surface area (Å²) in [4.78, 5) is 0. The quantitative estimate of drug-likeness (QED) is 0.411. The molecule has 0 aromatic heterocycles. The molecule has 2 fully saturated rings. The van der Waals surface area contributed by atoms with Crippen molar-refractivity contribution in [3.63, 3.8) is 0 Å². The summed E-state index contributed by atoms with van der Waals surface area (Å²) in [6.45, 7) is 18.9. The number of hydrogen-bond donors (Lipinski definition) is 0. The minimum Gasteiger partial charge on any atom is -0.316 e. The normalized spacial score (nSPS) is 32.6. The van der Waals surface area contributed by atoms with Gasteiger partial charge in [-0.1, -0.05) is 65.2 Å². The summed E-state index contributed by atoms with van der Waals surface area (Å²) in [6.07, 6.45) is 8.22. The first-order valence-electron chi connectivity index (χ1n) is 8.67.